The quantitative estimate of drug-likeness (QED) is 0.800. The fourth-order valence-electron chi connectivity index (χ4n) is 3.38. The number of carbonyl (C=O) groups excluding carboxylic acids is 1. The van der Waals surface area contributed by atoms with E-state index >= 15 is 0 Å². The van der Waals surface area contributed by atoms with Crippen LogP contribution in [0.2, 0.25) is 0 Å². The third-order valence-corrected chi connectivity index (χ3v) is 4.55. The van der Waals surface area contributed by atoms with Gasteiger partial charge in [-0.25, -0.2) is 9.37 Å². The van der Waals surface area contributed by atoms with Crippen LogP contribution in [0.25, 0.3) is 11.0 Å². The summed E-state index contributed by atoms with van der Waals surface area (Å²) in [5.74, 6) is 0.561. The Morgan fingerprint density at radius 2 is 2.08 bits per heavy atom. The molecule has 1 N–H and O–H groups in total. The van der Waals surface area contributed by atoms with Gasteiger partial charge in [-0.3, -0.25) is 4.79 Å². The minimum atomic E-state index is -0.291. The molecule has 0 radical (unpaired) electrons. The lowest BCUT2D eigenvalue weighted by molar-refractivity contribution is -0.131. The number of H-pyrrole nitrogens is 1. The second kappa shape index (κ2) is 6.07. The molecule has 24 heavy (non-hydrogen) atoms. The number of carbonyl (C=O) groups is 1. The summed E-state index contributed by atoms with van der Waals surface area (Å²) < 4.78 is 13.4. The van der Waals surface area contributed by atoms with E-state index in [2.05, 4.69) is 9.97 Å². The number of aromatic nitrogens is 2. The van der Waals surface area contributed by atoms with E-state index in [4.69, 9.17) is 0 Å². The third kappa shape index (κ3) is 2.77. The molecular formula is C19H18FN3O. The van der Waals surface area contributed by atoms with Gasteiger partial charge in [-0.1, -0.05) is 30.3 Å². The number of fused-ring (bicyclic) bond motifs is 1. The molecule has 1 fully saturated rings. The van der Waals surface area contributed by atoms with Crippen LogP contribution in [0.5, 0.6) is 0 Å². The maximum atomic E-state index is 13.4. The Morgan fingerprint density at radius 3 is 2.92 bits per heavy atom. The highest BCUT2D eigenvalue weighted by Crippen LogP contribution is 2.32. The van der Waals surface area contributed by atoms with Crippen molar-refractivity contribution in [1.82, 2.24) is 14.9 Å². The predicted molar refractivity (Wildman–Crippen MR) is 89.9 cm³/mol. The Bertz CT molecular complexity index is 875. The standard InChI is InChI=1S/C19H18FN3O/c20-14-8-9-15-16(12-14)22-19(21-15)17-7-4-10-23(17)18(24)11-13-5-2-1-3-6-13/h1-3,5-6,8-9,12,17H,4,7,10-11H2,(H,21,22). The highest BCUT2D eigenvalue weighted by Gasteiger charge is 2.31. The summed E-state index contributed by atoms with van der Waals surface area (Å²) >= 11 is 0. The zero-order valence-corrected chi connectivity index (χ0v) is 13.2. The Balaban J connectivity index is 1.58. The van der Waals surface area contributed by atoms with Gasteiger partial charge in [0, 0.05) is 6.54 Å². The van der Waals surface area contributed by atoms with Crippen LogP contribution in [-0.4, -0.2) is 27.3 Å². The van der Waals surface area contributed by atoms with E-state index in [-0.39, 0.29) is 17.8 Å². The first-order valence-electron chi connectivity index (χ1n) is 8.19. The fourth-order valence-corrected chi connectivity index (χ4v) is 3.38. The van der Waals surface area contributed by atoms with E-state index in [1.807, 2.05) is 35.2 Å². The molecule has 122 valence electrons. The van der Waals surface area contributed by atoms with E-state index in [0.717, 1.165) is 36.3 Å². The molecule has 1 amide bonds. The Kier molecular flexibility index (Phi) is 3.76. The maximum absolute atomic E-state index is 13.4. The molecule has 1 aliphatic heterocycles. The van der Waals surface area contributed by atoms with Crippen LogP contribution in [-0.2, 0) is 11.2 Å². The first-order valence-corrected chi connectivity index (χ1v) is 8.19. The van der Waals surface area contributed by atoms with Crippen molar-refractivity contribution in [3.05, 3.63) is 65.7 Å². The van der Waals surface area contributed by atoms with Crippen molar-refractivity contribution in [1.29, 1.82) is 0 Å². The number of likely N-dealkylation sites (tertiary alicyclic amines) is 1. The Hall–Kier alpha value is -2.69. The monoisotopic (exact) mass is 323 g/mol. The van der Waals surface area contributed by atoms with Gasteiger partial charge in [0.25, 0.3) is 0 Å². The number of nitrogens with zero attached hydrogens (tertiary/aromatic N) is 2. The zero-order chi connectivity index (χ0) is 16.5. The van der Waals surface area contributed by atoms with Crippen molar-refractivity contribution in [3.63, 3.8) is 0 Å². The average Bonchev–Trinajstić information content (AvgIpc) is 3.21. The number of hydrogen-bond donors (Lipinski definition) is 1. The minimum absolute atomic E-state index is 0.0586. The van der Waals surface area contributed by atoms with Crippen LogP contribution in [0.4, 0.5) is 4.39 Å². The van der Waals surface area contributed by atoms with Crippen LogP contribution in [0.3, 0.4) is 0 Å². The predicted octanol–water partition coefficient (Wildman–Crippen LogP) is 3.61. The summed E-state index contributed by atoms with van der Waals surface area (Å²) in [6, 6.07) is 14.2. The summed E-state index contributed by atoms with van der Waals surface area (Å²) in [5.41, 5.74) is 2.42. The molecule has 1 atom stereocenters. The molecule has 1 aromatic heterocycles. The number of amides is 1. The van der Waals surface area contributed by atoms with Crippen molar-refractivity contribution in [2.45, 2.75) is 25.3 Å². The molecule has 2 aromatic carbocycles. The summed E-state index contributed by atoms with van der Waals surface area (Å²) in [4.78, 5) is 22.3. The van der Waals surface area contributed by atoms with Crippen molar-refractivity contribution in [3.8, 4) is 0 Å². The molecule has 0 bridgehead atoms. The van der Waals surface area contributed by atoms with Crippen molar-refractivity contribution in [2.75, 3.05) is 6.54 Å². The first-order chi connectivity index (χ1) is 11.7. The van der Waals surface area contributed by atoms with Gasteiger partial charge < -0.3 is 9.88 Å². The normalized spacial score (nSPS) is 17.5. The van der Waals surface area contributed by atoms with Gasteiger partial charge in [0.05, 0.1) is 23.5 Å². The van der Waals surface area contributed by atoms with Gasteiger partial charge in [-0.2, -0.15) is 0 Å². The summed E-state index contributed by atoms with van der Waals surface area (Å²) in [6.45, 7) is 0.738. The molecule has 0 aliphatic carbocycles. The van der Waals surface area contributed by atoms with Gasteiger partial charge in [0.2, 0.25) is 5.91 Å². The van der Waals surface area contributed by atoms with Crippen molar-refractivity contribution >= 4 is 16.9 Å². The maximum Gasteiger partial charge on any atom is 0.227 e. The molecule has 0 spiro atoms. The number of halogens is 1. The van der Waals surface area contributed by atoms with E-state index in [1.165, 1.54) is 12.1 Å². The molecule has 2 heterocycles. The fraction of sp³-hybridized carbons (Fsp3) is 0.263. The van der Waals surface area contributed by atoms with Crippen molar-refractivity contribution in [2.24, 2.45) is 0 Å². The summed E-state index contributed by atoms with van der Waals surface area (Å²) in [6.07, 6.45) is 2.23. The summed E-state index contributed by atoms with van der Waals surface area (Å²) in [7, 11) is 0. The second-order valence-corrected chi connectivity index (χ2v) is 6.19. The lowest BCUT2D eigenvalue weighted by Gasteiger charge is -2.23. The second-order valence-electron chi connectivity index (χ2n) is 6.19. The van der Waals surface area contributed by atoms with E-state index in [9.17, 15) is 9.18 Å². The zero-order valence-electron chi connectivity index (χ0n) is 13.2. The number of benzene rings is 2. The Morgan fingerprint density at radius 1 is 1.25 bits per heavy atom. The molecule has 1 aliphatic rings. The smallest absolute Gasteiger partial charge is 0.227 e. The van der Waals surface area contributed by atoms with Gasteiger partial charge in [0.1, 0.15) is 11.6 Å². The molecule has 1 unspecified atom stereocenters. The Labute approximate surface area is 139 Å². The van der Waals surface area contributed by atoms with Gasteiger partial charge in [-0.15, -0.1) is 0 Å². The van der Waals surface area contributed by atoms with Crippen LogP contribution in [0, 0.1) is 5.82 Å². The summed E-state index contributed by atoms with van der Waals surface area (Å²) in [5, 5.41) is 0. The molecule has 0 saturated carbocycles. The number of nitrogens with one attached hydrogen (secondary N) is 1. The molecule has 1 saturated heterocycles. The minimum Gasteiger partial charge on any atom is -0.340 e. The number of aromatic amines is 1. The van der Waals surface area contributed by atoms with Crippen molar-refractivity contribution < 1.29 is 9.18 Å². The van der Waals surface area contributed by atoms with Crippen LogP contribution in [0.1, 0.15) is 30.3 Å². The SMILES string of the molecule is O=C(Cc1ccccc1)N1CCCC1c1nc2ccc(F)cc2[nH]1. The van der Waals surface area contributed by atoms with Crippen LogP contribution < -0.4 is 0 Å². The largest absolute Gasteiger partial charge is 0.340 e. The molecule has 4 rings (SSSR count). The highest BCUT2D eigenvalue weighted by atomic mass is 19.1. The third-order valence-electron chi connectivity index (χ3n) is 4.55. The number of rotatable bonds is 3. The van der Waals surface area contributed by atoms with Gasteiger partial charge in [0.15, 0.2) is 0 Å². The lowest BCUT2D eigenvalue weighted by Crippen LogP contribution is -2.32. The van der Waals surface area contributed by atoms with Gasteiger partial charge >= 0.3 is 0 Å². The molecule has 5 heteroatoms. The van der Waals surface area contributed by atoms with E-state index < -0.39 is 0 Å². The molecule has 4 nitrogen and oxygen atoms in total. The molecule has 3 aromatic rings. The average molecular weight is 323 g/mol. The van der Waals surface area contributed by atoms with Gasteiger partial charge in [-0.05, 0) is 36.6 Å². The highest BCUT2D eigenvalue weighted by molar-refractivity contribution is 5.80. The van der Waals surface area contributed by atoms with Crippen LogP contribution in [0.15, 0.2) is 48.5 Å². The van der Waals surface area contributed by atoms with E-state index in [0.29, 0.717) is 11.9 Å². The first kappa shape index (κ1) is 14.9. The molecular weight excluding hydrogens is 305 g/mol. The van der Waals surface area contributed by atoms with E-state index in [1.54, 1.807) is 6.07 Å². The topological polar surface area (TPSA) is 49.0 Å². The lowest BCUT2D eigenvalue weighted by atomic mass is 10.1. The number of imidazole rings is 1. The van der Waals surface area contributed by atoms with Crippen LogP contribution >= 0.6 is 0 Å². The number of hydrogen-bond acceptors (Lipinski definition) is 2.